The highest BCUT2D eigenvalue weighted by Crippen LogP contribution is 2.23. The van der Waals surface area contributed by atoms with Crippen molar-refractivity contribution in [3.05, 3.63) is 23.8 Å². The number of nitrogens with one attached hydrogen (secondary N) is 1. The van der Waals surface area contributed by atoms with E-state index in [1.165, 1.54) is 13.2 Å². The molecule has 1 aliphatic carbocycles. The number of ether oxygens (including phenoxy) is 2. The first kappa shape index (κ1) is 15.2. The van der Waals surface area contributed by atoms with Crippen LogP contribution in [0.15, 0.2) is 18.2 Å². The third-order valence-corrected chi connectivity index (χ3v) is 3.51. The molecule has 2 rings (SSSR count). The van der Waals surface area contributed by atoms with Gasteiger partial charge in [0.2, 0.25) is 0 Å². The van der Waals surface area contributed by atoms with Gasteiger partial charge in [-0.1, -0.05) is 12.8 Å². The number of carbonyl (C=O) groups excluding carboxylic acids is 2. The van der Waals surface area contributed by atoms with Gasteiger partial charge >= 0.3 is 5.97 Å². The first-order valence-corrected chi connectivity index (χ1v) is 7.00. The summed E-state index contributed by atoms with van der Waals surface area (Å²) in [6, 6.07) is 4.84. The standard InChI is InChI=1S/C15H20N2O4/c1-20-15(19)10-6-7-13(12(16)8-10)21-9-14(18)17-11-4-2-3-5-11/h6-8,11H,2-5,9,16H2,1H3,(H,17,18). The molecule has 6 nitrogen and oxygen atoms in total. The fourth-order valence-corrected chi connectivity index (χ4v) is 2.41. The van der Waals surface area contributed by atoms with E-state index in [9.17, 15) is 9.59 Å². The number of hydrogen-bond acceptors (Lipinski definition) is 5. The molecular formula is C15H20N2O4. The smallest absolute Gasteiger partial charge is 0.337 e. The zero-order valence-electron chi connectivity index (χ0n) is 12.1. The van der Waals surface area contributed by atoms with E-state index in [-0.39, 0.29) is 18.6 Å². The van der Waals surface area contributed by atoms with Gasteiger partial charge in [-0.25, -0.2) is 4.79 Å². The molecule has 1 saturated carbocycles. The Hall–Kier alpha value is -2.24. The predicted molar refractivity (Wildman–Crippen MR) is 78.1 cm³/mol. The van der Waals surface area contributed by atoms with Crippen molar-refractivity contribution in [2.45, 2.75) is 31.7 Å². The van der Waals surface area contributed by atoms with Gasteiger partial charge in [-0.2, -0.15) is 0 Å². The van der Waals surface area contributed by atoms with Gasteiger partial charge in [-0.3, -0.25) is 4.79 Å². The van der Waals surface area contributed by atoms with Crippen molar-refractivity contribution >= 4 is 17.6 Å². The lowest BCUT2D eigenvalue weighted by Crippen LogP contribution is -2.36. The molecule has 114 valence electrons. The Balaban J connectivity index is 1.87. The number of methoxy groups -OCH3 is 1. The minimum atomic E-state index is -0.466. The predicted octanol–water partition coefficient (Wildman–Crippen LogP) is 1.49. The van der Waals surface area contributed by atoms with Crippen molar-refractivity contribution < 1.29 is 19.1 Å². The summed E-state index contributed by atoms with van der Waals surface area (Å²) in [5.41, 5.74) is 6.44. The first-order chi connectivity index (χ1) is 10.1. The monoisotopic (exact) mass is 292 g/mol. The van der Waals surface area contributed by atoms with E-state index in [1.807, 2.05) is 0 Å². The Morgan fingerprint density at radius 1 is 1.33 bits per heavy atom. The molecule has 1 aromatic carbocycles. The van der Waals surface area contributed by atoms with Crippen LogP contribution >= 0.6 is 0 Å². The quantitative estimate of drug-likeness (QED) is 0.634. The lowest BCUT2D eigenvalue weighted by molar-refractivity contribution is -0.123. The highest BCUT2D eigenvalue weighted by molar-refractivity contribution is 5.91. The number of benzene rings is 1. The van der Waals surface area contributed by atoms with E-state index >= 15 is 0 Å². The van der Waals surface area contributed by atoms with Crippen molar-refractivity contribution in [1.29, 1.82) is 0 Å². The summed E-state index contributed by atoms with van der Waals surface area (Å²) in [6.45, 7) is -0.0850. The van der Waals surface area contributed by atoms with Gasteiger partial charge in [0.15, 0.2) is 6.61 Å². The summed E-state index contributed by atoms with van der Waals surface area (Å²) < 4.78 is 9.99. The lowest BCUT2D eigenvalue weighted by Gasteiger charge is -2.13. The maximum absolute atomic E-state index is 11.8. The van der Waals surface area contributed by atoms with E-state index in [0.717, 1.165) is 25.7 Å². The summed E-state index contributed by atoms with van der Waals surface area (Å²) in [6.07, 6.45) is 4.38. The van der Waals surface area contributed by atoms with Gasteiger partial charge in [0.05, 0.1) is 18.4 Å². The average molecular weight is 292 g/mol. The second-order valence-electron chi connectivity index (χ2n) is 5.08. The molecule has 6 heteroatoms. The fraction of sp³-hybridized carbons (Fsp3) is 0.467. The van der Waals surface area contributed by atoms with Gasteiger partial charge in [0.1, 0.15) is 5.75 Å². The van der Waals surface area contributed by atoms with Gasteiger partial charge in [-0.15, -0.1) is 0 Å². The molecule has 0 aliphatic heterocycles. The summed E-state index contributed by atoms with van der Waals surface area (Å²) in [5.74, 6) is -0.241. The van der Waals surface area contributed by atoms with E-state index in [1.54, 1.807) is 12.1 Å². The molecule has 21 heavy (non-hydrogen) atoms. The van der Waals surface area contributed by atoms with Crippen LogP contribution in [0.3, 0.4) is 0 Å². The lowest BCUT2D eigenvalue weighted by atomic mass is 10.2. The molecule has 0 heterocycles. The summed E-state index contributed by atoms with van der Waals surface area (Å²) in [5, 5.41) is 2.93. The minimum Gasteiger partial charge on any atom is -0.482 e. The van der Waals surface area contributed by atoms with Gasteiger partial charge in [0.25, 0.3) is 5.91 Å². The van der Waals surface area contributed by atoms with E-state index in [2.05, 4.69) is 10.1 Å². The largest absolute Gasteiger partial charge is 0.482 e. The van der Waals surface area contributed by atoms with Gasteiger partial charge in [-0.05, 0) is 31.0 Å². The number of anilines is 1. The Labute approximate surface area is 123 Å². The zero-order chi connectivity index (χ0) is 15.2. The van der Waals surface area contributed by atoms with Crippen molar-refractivity contribution in [2.75, 3.05) is 19.5 Å². The molecule has 0 aromatic heterocycles. The van der Waals surface area contributed by atoms with Gasteiger partial charge in [0, 0.05) is 6.04 Å². The Morgan fingerprint density at radius 3 is 2.67 bits per heavy atom. The molecule has 0 spiro atoms. The molecule has 3 N–H and O–H groups in total. The van der Waals surface area contributed by atoms with Crippen LogP contribution in [0.4, 0.5) is 5.69 Å². The van der Waals surface area contributed by atoms with Crippen LogP contribution in [0.2, 0.25) is 0 Å². The van der Waals surface area contributed by atoms with Crippen LogP contribution in [0.1, 0.15) is 36.0 Å². The third kappa shape index (κ3) is 4.11. The fourth-order valence-electron chi connectivity index (χ4n) is 2.41. The van der Waals surface area contributed by atoms with E-state index in [4.69, 9.17) is 10.5 Å². The van der Waals surface area contributed by atoms with Crippen LogP contribution in [0, 0.1) is 0 Å². The number of rotatable bonds is 5. The maximum Gasteiger partial charge on any atom is 0.337 e. The highest BCUT2D eigenvalue weighted by Gasteiger charge is 2.17. The van der Waals surface area contributed by atoms with Crippen LogP contribution in [0.25, 0.3) is 0 Å². The molecule has 0 saturated heterocycles. The number of esters is 1. The zero-order valence-corrected chi connectivity index (χ0v) is 12.1. The molecule has 0 unspecified atom stereocenters. The van der Waals surface area contributed by atoms with Crippen molar-refractivity contribution in [3.63, 3.8) is 0 Å². The van der Waals surface area contributed by atoms with Gasteiger partial charge < -0.3 is 20.5 Å². The molecule has 0 bridgehead atoms. The average Bonchev–Trinajstić information content (AvgIpc) is 2.98. The topological polar surface area (TPSA) is 90.6 Å². The maximum atomic E-state index is 11.8. The molecule has 0 radical (unpaired) electrons. The van der Waals surface area contributed by atoms with Crippen molar-refractivity contribution in [3.8, 4) is 5.75 Å². The summed E-state index contributed by atoms with van der Waals surface area (Å²) >= 11 is 0. The normalized spacial score (nSPS) is 14.7. The number of amides is 1. The van der Waals surface area contributed by atoms with Crippen LogP contribution in [-0.4, -0.2) is 31.6 Å². The molecule has 1 aliphatic rings. The summed E-state index contributed by atoms with van der Waals surface area (Å²) in [4.78, 5) is 23.1. The SMILES string of the molecule is COC(=O)c1ccc(OCC(=O)NC2CCCC2)c(N)c1. The summed E-state index contributed by atoms with van der Waals surface area (Å²) in [7, 11) is 1.30. The molecular weight excluding hydrogens is 272 g/mol. The number of hydrogen-bond donors (Lipinski definition) is 2. The van der Waals surface area contributed by atoms with Crippen molar-refractivity contribution in [2.24, 2.45) is 0 Å². The van der Waals surface area contributed by atoms with Crippen LogP contribution in [-0.2, 0) is 9.53 Å². The number of carbonyl (C=O) groups is 2. The van der Waals surface area contributed by atoms with E-state index < -0.39 is 5.97 Å². The first-order valence-electron chi connectivity index (χ1n) is 7.00. The van der Waals surface area contributed by atoms with Crippen LogP contribution in [0.5, 0.6) is 5.75 Å². The number of nitrogens with two attached hydrogens (primary N) is 1. The number of nitrogen functional groups attached to an aromatic ring is 1. The highest BCUT2D eigenvalue weighted by atomic mass is 16.5. The van der Waals surface area contributed by atoms with Crippen LogP contribution < -0.4 is 15.8 Å². The molecule has 1 amide bonds. The minimum absolute atomic E-state index is 0.0850. The Kier molecular flexibility index (Phi) is 5.03. The second-order valence-corrected chi connectivity index (χ2v) is 5.08. The molecule has 0 atom stereocenters. The van der Waals surface area contributed by atoms with Crippen molar-refractivity contribution in [1.82, 2.24) is 5.32 Å². The van der Waals surface area contributed by atoms with E-state index in [0.29, 0.717) is 17.0 Å². The Morgan fingerprint density at radius 2 is 2.05 bits per heavy atom. The molecule has 1 fully saturated rings. The second kappa shape index (κ2) is 6.97. The Bertz CT molecular complexity index is 524. The molecule has 1 aromatic rings. The third-order valence-electron chi connectivity index (χ3n) is 3.51.